The summed E-state index contributed by atoms with van der Waals surface area (Å²) < 4.78 is 0. The van der Waals surface area contributed by atoms with Crippen LogP contribution in [-0.4, -0.2) is 42.6 Å². The van der Waals surface area contributed by atoms with Crippen molar-refractivity contribution >= 4 is 42.6 Å². The summed E-state index contributed by atoms with van der Waals surface area (Å²) in [7, 11) is 0. The van der Waals surface area contributed by atoms with Gasteiger partial charge in [-0.3, -0.25) is 0 Å². The van der Waals surface area contributed by atoms with Crippen molar-refractivity contribution in [1.82, 2.24) is 0 Å². The van der Waals surface area contributed by atoms with Crippen molar-refractivity contribution in [1.29, 1.82) is 37.9 Å². The second-order valence-electron chi connectivity index (χ2n) is 7.08. The third-order valence-corrected chi connectivity index (χ3v) is 4.50. The maximum Gasteiger partial charge on any atom is 0.231 e. The van der Waals surface area contributed by atoms with Crippen LogP contribution in [0.1, 0.15) is 160 Å². The van der Waals surface area contributed by atoms with Crippen LogP contribution in [0, 0.1) is 37.9 Å². The number of hydrogen-bond donors (Lipinski definition) is 7. The molecule has 268 valence electrons. The molecule has 3 rings (SSSR count). The minimum Gasteiger partial charge on any atom is -0.222 e. The average Bonchev–Trinajstić information content (AvgIpc) is 2.96. The Morgan fingerprint density at radius 3 is 0.244 bits per heavy atom. The molecule has 0 heterocycles. The first-order valence-corrected chi connectivity index (χ1v) is 12.2. The Morgan fingerprint density at radius 1 is 0.200 bits per heavy atom. The number of carbonyl (C=O) groups excluding carboxylic acids is 7. The van der Waals surface area contributed by atoms with Gasteiger partial charge >= 0.3 is 0 Å². The minimum atomic E-state index is 0. The second kappa shape index (κ2) is 139. The summed E-state index contributed by atoms with van der Waals surface area (Å²) >= 11 is 0. The fourth-order valence-electron chi connectivity index (χ4n) is 3.18. The Bertz CT molecular complexity index is 500. The smallest absolute Gasteiger partial charge is 0.222 e. The lowest BCUT2D eigenvalue weighted by Gasteiger charge is -2.05. The summed E-state index contributed by atoms with van der Waals surface area (Å²) in [6.45, 7) is 0. The summed E-state index contributed by atoms with van der Waals surface area (Å²) in [6.07, 6.45) is 32.2. The van der Waals surface area contributed by atoms with Crippen LogP contribution in [0.25, 0.3) is 0 Å². The average molecular weight is 650 g/mol. The number of isocyanates is 7. The molecule has 0 bridgehead atoms. The molecular formula is C31H67N7O7. The van der Waals surface area contributed by atoms with Gasteiger partial charge in [-0.1, -0.05) is 160 Å². The predicted octanol–water partition coefficient (Wildman–Crippen LogP) is 10.1. The van der Waals surface area contributed by atoms with Crippen LogP contribution in [0.3, 0.4) is 0 Å². The van der Waals surface area contributed by atoms with Gasteiger partial charge < -0.3 is 0 Å². The molecule has 3 aliphatic rings. The topological polar surface area (TPSA) is 286 Å². The fraction of sp³-hybridized carbons (Fsp3) is 0.774. The number of rotatable bonds is 0. The molecule has 0 radical (unpaired) electrons. The molecule has 0 aliphatic heterocycles. The lowest BCUT2D eigenvalue weighted by Crippen LogP contribution is -1.85. The summed E-state index contributed by atoms with van der Waals surface area (Å²) in [6, 6.07) is 0. The molecular weight excluding hydrogens is 582 g/mol. The first kappa shape index (κ1) is 83.6. The molecule has 14 heteroatoms. The molecule has 0 aromatic heterocycles. The first-order chi connectivity index (χ1) is 18.9. The van der Waals surface area contributed by atoms with E-state index in [2.05, 4.69) is 0 Å². The van der Waals surface area contributed by atoms with Crippen LogP contribution in [0.4, 0.5) is 0 Å². The third kappa shape index (κ3) is 301. The van der Waals surface area contributed by atoms with Crippen LogP contribution < -0.4 is 0 Å². The lowest BCUT2D eigenvalue weighted by atomic mass is 10.0. The van der Waals surface area contributed by atoms with Gasteiger partial charge in [0.25, 0.3) is 0 Å². The predicted molar refractivity (Wildman–Crippen MR) is 182 cm³/mol. The van der Waals surface area contributed by atoms with Gasteiger partial charge in [0.2, 0.25) is 42.6 Å². The van der Waals surface area contributed by atoms with Gasteiger partial charge in [-0.05, 0) is 0 Å². The zero-order valence-electron chi connectivity index (χ0n) is 22.6. The molecule has 14 nitrogen and oxygen atoms in total. The highest BCUT2D eigenvalue weighted by Gasteiger charge is 1.96. The highest BCUT2D eigenvalue weighted by atomic mass is 16.1. The normalized spacial score (nSPS) is 10.8. The molecule has 7 N–H and O–H groups in total. The van der Waals surface area contributed by atoms with E-state index in [4.69, 9.17) is 71.4 Å². The van der Waals surface area contributed by atoms with E-state index in [0.29, 0.717) is 0 Å². The highest BCUT2D eigenvalue weighted by Crippen LogP contribution is 2.16. The van der Waals surface area contributed by atoms with E-state index in [1.807, 2.05) is 0 Å². The molecule has 0 aromatic carbocycles. The molecule has 3 aliphatic carbocycles. The Balaban J connectivity index is -0.0000000231. The molecule has 45 heavy (non-hydrogen) atoms. The summed E-state index contributed by atoms with van der Waals surface area (Å²) in [5, 5.41) is 37.8. The second-order valence-corrected chi connectivity index (χ2v) is 7.08. The third-order valence-electron chi connectivity index (χ3n) is 4.50. The molecule has 0 spiro atoms. The van der Waals surface area contributed by atoms with Crippen LogP contribution in [0.2, 0.25) is 0 Å². The standard InChI is InChI=1S/3C6H12.7CHNO.6CH4/c3*1-2-4-6-5-3-1;7*2-1-3;;;;;;/h3*1-6H2;7*2H;6*1H4. The van der Waals surface area contributed by atoms with Crippen LogP contribution >= 0.6 is 0 Å². The summed E-state index contributed by atoms with van der Waals surface area (Å²) in [4.78, 5) is 58.4. The van der Waals surface area contributed by atoms with Gasteiger partial charge in [-0.15, -0.1) is 0 Å². The number of hydrogen-bond acceptors (Lipinski definition) is 14. The van der Waals surface area contributed by atoms with Crippen molar-refractivity contribution in [3.63, 3.8) is 0 Å². The Labute approximate surface area is 274 Å². The molecule has 0 aromatic rings. The van der Waals surface area contributed by atoms with E-state index in [-0.39, 0.29) is 44.6 Å². The van der Waals surface area contributed by atoms with Crippen molar-refractivity contribution in [3.05, 3.63) is 0 Å². The lowest BCUT2D eigenvalue weighted by molar-refractivity contribution is 0.504. The Hall–Kier alpha value is -4.34. The molecule has 3 saturated carbocycles. The Morgan fingerprint density at radius 2 is 0.222 bits per heavy atom. The van der Waals surface area contributed by atoms with E-state index >= 15 is 0 Å². The zero-order chi connectivity index (χ0) is 31.7. The maximum absolute atomic E-state index is 8.35. The monoisotopic (exact) mass is 650 g/mol. The van der Waals surface area contributed by atoms with Crippen LogP contribution in [0.15, 0.2) is 0 Å². The van der Waals surface area contributed by atoms with Gasteiger partial charge in [0.1, 0.15) is 0 Å². The van der Waals surface area contributed by atoms with E-state index in [1.54, 1.807) is 0 Å². The van der Waals surface area contributed by atoms with Crippen molar-refractivity contribution in [3.8, 4) is 0 Å². The SMILES string of the molecule is C.C.C.C.C.C.C1CCCCC1.C1CCCCC1.C1CCCCC1.N=C=O.N=C=O.N=C=O.N=C=O.N=C=O.N=C=O.N=C=O. The molecule has 0 amide bonds. The van der Waals surface area contributed by atoms with Crippen LogP contribution in [-0.2, 0) is 33.6 Å². The Kier molecular flexibility index (Phi) is 258. The summed E-state index contributed by atoms with van der Waals surface area (Å²) in [5.41, 5.74) is 0. The van der Waals surface area contributed by atoms with Crippen molar-refractivity contribution in [2.75, 3.05) is 0 Å². The quantitative estimate of drug-likeness (QED) is 0.0981. The molecule has 0 atom stereocenters. The van der Waals surface area contributed by atoms with E-state index in [0.717, 1.165) is 42.6 Å². The van der Waals surface area contributed by atoms with Crippen molar-refractivity contribution in [2.45, 2.75) is 160 Å². The fourth-order valence-corrected chi connectivity index (χ4v) is 3.18. The molecule has 3 fully saturated rings. The van der Waals surface area contributed by atoms with Gasteiger partial charge in [-0.25, -0.2) is 71.4 Å². The van der Waals surface area contributed by atoms with Gasteiger partial charge in [-0.2, -0.15) is 0 Å². The van der Waals surface area contributed by atoms with E-state index in [1.165, 1.54) is 116 Å². The highest BCUT2D eigenvalue weighted by molar-refractivity contribution is 5.27. The van der Waals surface area contributed by atoms with Gasteiger partial charge in [0.15, 0.2) is 0 Å². The number of nitrogens with one attached hydrogen (secondary N) is 7. The molecule has 0 unspecified atom stereocenters. The van der Waals surface area contributed by atoms with Crippen molar-refractivity contribution in [2.24, 2.45) is 0 Å². The zero-order valence-corrected chi connectivity index (χ0v) is 22.6. The van der Waals surface area contributed by atoms with Crippen molar-refractivity contribution < 1.29 is 33.6 Å². The first-order valence-electron chi connectivity index (χ1n) is 12.2. The summed E-state index contributed by atoms with van der Waals surface area (Å²) in [5.74, 6) is 0. The van der Waals surface area contributed by atoms with Gasteiger partial charge in [0.05, 0.1) is 0 Å². The van der Waals surface area contributed by atoms with Crippen LogP contribution in [0.5, 0.6) is 0 Å². The van der Waals surface area contributed by atoms with E-state index < -0.39 is 0 Å². The van der Waals surface area contributed by atoms with Gasteiger partial charge in [0, 0.05) is 0 Å². The van der Waals surface area contributed by atoms with E-state index in [9.17, 15) is 0 Å². The molecule has 0 saturated heterocycles. The largest absolute Gasteiger partial charge is 0.231 e. The minimum absolute atomic E-state index is 0. The maximum atomic E-state index is 8.35.